The number of nitrogen functional groups attached to an aromatic ring is 1. The van der Waals surface area contributed by atoms with Crippen molar-refractivity contribution in [3.05, 3.63) is 12.7 Å². The summed E-state index contributed by atoms with van der Waals surface area (Å²) >= 11 is 0. The van der Waals surface area contributed by atoms with E-state index in [-0.39, 0.29) is 5.95 Å². The zero-order valence-electron chi connectivity index (χ0n) is 10.2. The van der Waals surface area contributed by atoms with Crippen LogP contribution >= 0.6 is 0 Å². The number of nitrogens with one attached hydrogen (secondary N) is 1. The smallest absolute Gasteiger partial charge is 0.258 e. The SMILES string of the molecule is Nc1nc(NC2CCOCC2)nc(-n2cncn2)n1. The molecule has 0 radical (unpaired) electrons. The molecule has 9 nitrogen and oxygen atoms in total. The first-order valence-corrected chi connectivity index (χ1v) is 6.02. The van der Waals surface area contributed by atoms with Crippen molar-refractivity contribution in [3.63, 3.8) is 0 Å². The minimum atomic E-state index is 0.148. The van der Waals surface area contributed by atoms with Gasteiger partial charge in [-0.1, -0.05) is 0 Å². The first-order valence-electron chi connectivity index (χ1n) is 6.02. The van der Waals surface area contributed by atoms with E-state index in [2.05, 4.69) is 30.4 Å². The molecule has 0 atom stereocenters. The highest BCUT2D eigenvalue weighted by molar-refractivity contribution is 5.35. The van der Waals surface area contributed by atoms with Crippen molar-refractivity contribution in [2.24, 2.45) is 0 Å². The zero-order chi connectivity index (χ0) is 13.1. The summed E-state index contributed by atoms with van der Waals surface area (Å²) in [6, 6.07) is 0.291. The third kappa shape index (κ3) is 2.76. The highest BCUT2D eigenvalue weighted by atomic mass is 16.5. The van der Waals surface area contributed by atoms with Gasteiger partial charge >= 0.3 is 0 Å². The largest absolute Gasteiger partial charge is 0.381 e. The third-order valence-electron chi connectivity index (χ3n) is 2.82. The van der Waals surface area contributed by atoms with E-state index < -0.39 is 0 Å². The number of aromatic nitrogens is 6. The summed E-state index contributed by atoms with van der Waals surface area (Å²) in [4.78, 5) is 16.2. The molecule has 3 rings (SSSR count). The zero-order valence-corrected chi connectivity index (χ0v) is 10.2. The lowest BCUT2D eigenvalue weighted by Crippen LogP contribution is -2.29. The molecule has 2 aromatic rings. The standard InChI is InChI=1S/C10H14N8O/c11-8-15-9(14-7-1-3-19-4-2-7)17-10(16-8)18-6-12-5-13-18/h5-7H,1-4H2,(H3,11,14,15,16,17). The van der Waals surface area contributed by atoms with Gasteiger partial charge < -0.3 is 15.8 Å². The molecular weight excluding hydrogens is 248 g/mol. The fourth-order valence-corrected chi connectivity index (χ4v) is 1.88. The maximum Gasteiger partial charge on any atom is 0.258 e. The molecule has 0 aromatic carbocycles. The number of nitrogens with zero attached hydrogens (tertiary/aromatic N) is 6. The van der Waals surface area contributed by atoms with Crippen LogP contribution in [0.2, 0.25) is 0 Å². The lowest BCUT2D eigenvalue weighted by Gasteiger charge is -2.23. The first-order chi connectivity index (χ1) is 9.31. The number of nitrogens with two attached hydrogens (primary N) is 1. The van der Waals surface area contributed by atoms with Gasteiger partial charge in [0.1, 0.15) is 12.7 Å². The molecule has 0 saturated carbocycles. The Morgan fingerprint density at radius 2 is 2.11 bits per heavy atom. The topological polar surface area (TPSA) is 117 Å². The Kier molecular flexibility index (Phi) is 3.19. The van der Waals surface area contributed by atoms with Crippen LogP contribution in [0.15, 0.2) is 12.7 Å². The molecule has 0 spiro atoms. The summed E-state index contributed by atoms with van der Waals surface area (Å²) in [5.41, 5.74) is 5.68. The molecule has 0 amide bonds. The number of rotatable bonds is 3. The van der Waals surface area contributed by atoms with Gasteiger partial charge in [-0.15, -0.1) is 0 Å². The molecule has 19 heavy (non-hydrogen) atoms. The number of hydrogen-bond acceptors (Lipinski definition) is 8. The van der Waals surface area contributed by atoms with E-state index in [0.717, 1.165) is 26.1 Å². The Hall–Kier alpha value is -2.29. The van der Waals surface area contributed by atoms with Crippen molar-refractivity contribution in [2.45, 2.75) is 18.9 Å². The second-order valence-corrected chi connectivity index (χ2v) is 4.19. The number of ether oxygens (including phenoxy) is 1. The first kappa shape index (κ1) is 11.8. The second kappa shape index (κ2) is 5.14. The van der Waals surface area contributed by atoms with E-state index in [1.54, 1.807) is 0 Å². The highest BCUT2D eigenvalue weighted by Crippen LogP contribution is 2.13. The van der Waals surface area contributed by atoms with E-state index in [4.69, 9.17) is 10.5 Å². The Morgan fingerprint density at radius 3 is 2.84 bits per heavy atom. The van der Waals surface area contributed by atoms with Crippen LogP contribution in [0.5, 0.6) is 0 Å². The average Bonchev–Trinajstić information content (AvgIpc) is 2.93. The van der Waals surface area contributed by atoms with E-state index in [9.17, 15) is 0 Å². The van der Waals surface area contributed by atoms with Crippen molar-refractivity contribution in [3.8, 4) is 5.95 Å². The van der Waals surface area contributed by atoms with E-state index in [1.807, 2.05) is 0 Å². The summed E-state index contributed by atoms with van der Waals surface area (Å²) in [5.74, 6) is 0.944. The van der Waals surface area contributed by atoms with Gasteiger partial charge in [0.05, 0.1) is 0 Å². The van der Waals surface area contributed by atoms with Crippen LogP contribution in [0.4, 0.5) is 11.9 Å². The van der Waals surface area contributed by atoms with Gasteiger partial charge in [-0.2, -0.15) is 24.7 Å². The van der Waals surface area contributed by atoms with Gasteiger partial charge in [-0.3, -0.25) is 0 Å². The van der Waals surface area contributed by atoms with Crippen LogP contribution in [0, 0.1) is 0 Å². The predicted molar refractivity (Wildman–Crippen MR) is 66.6 cm³/mol. The Bertz CT molecular complexity index is 536. The Labute approximate surface area is 109 Å². The van der Waals surface area contributed by atoms with E-state index in [1.165, 1.54) is 17.3 Å². The third-order valence-corrected chi connectivity index (χ3v) is 2.82. The summed E-state index contributed by atoms with van der Waals surface area (Å²) in [6.45, 7) is 1.49. The monoisotopic (exact) mass is 262 g/mol. The highest BCUT2D eigenvalue weighted by Gasteiger charge is 2.15. The summed E-state index contributed by atoms with van der Waals surface area (Å²) in [7, 11) is 0. The molecule has 3 heterocycles. The van der Waals surface area contributed by atoms with Crippen LogP contribution in [0.3, 0.4) is 0 Å². The molecular formula is C10H14N8O. The lowest BCUT2D eigenvalue weighted by atomic mass is 10.1. The molecule has 9 heteroatoms. The van der Waals surface area contributed by atoms with Crippen molar-refractivity contribution in [1.29, 1.82) is 0 Å². The minimum Gasteiger partial charge on any atom is -0.381 e. The van der Waals surface area contributed by atoms with Crippen LogP contribution in [0.1, 0.15) is 12.8 Å². The second-order valence-electron chi connectivity index (χ2n) is 4.19. The Morgan fingerprint density at radius 1 is 1.26 bits per heavy atom. The normalized spacial score (nSPS) is 16.4. The molecule has 3 N–H and O–H groups in total. The van der Waals surface area contributed by atoms with Gasteiger partial charge in [0.2, 0.25) is 11.9 Å². The summed E-state index contributed by atoms with van der Waals surface area (Å²) in [5, 5.41) is 7.21. The summed E-state index contributed by atoms with van der Waals surface area (Å²) in [6.07, 6.45) is 4.76. The molecule has 0 aliphatic carbocycles. The number of anilines is 2. The number of hydrogen-bond donors (Lipinski definition) is 2. The maximum atomic E-state index is 5.68. The van der Waals surface area contributed by atoms with Crippen molar-refractivity contribution in [1.82, 2.24) is 29.7 Å². The minimum absolute atomic E-state index is 0.148. The van der Waals surface area contributed by atoms with Gasteiger partial charge in [0.15, 0.2) is 0 Å². The van der Waals surface area contributed by atoms with Crippen molar-refractivity contribution >= 4 is 11.9 Å². The molecule has 1 aliphatic heterocycles. The predicted octanol–water partition coefficient (Wildman–Crippen LogP) is -0.375. The van der Waals surface area contributed by atoms with Crippen LogP contribution in [0.25, 0.3) is 5.95 Å². The van der Waals surface area contributed by atoms with Crippen LogP contribution in [-0.2, 0) is 4.74 Å². The van der Waals surface area contributed by atoms with Crippen molar-refractivity contribution < 1.29 is 4.74 Å². The lowest BCUT2D eigenvalue weighted by molar-refractivity contribution is 0.0903. The molecule has 2 aromatic heterocycles. The Balaban J connectivity index is 1.81. The molecule has 100 valence electrons. The average molecular weight is 262 g/mol. The molecule has 0 unspecified atom stereocenters. The fourth-order valence-electron chi connectivity index (χ4n) is 1.88. The van der Waals surface area contributed by atoms with E-state index in [0.29, 0.717) is 17.9 Å². The van der Waals surface area contributed by atoms with Crippen LogP contribution in [-0.4, -0.2) is 49.0 Å². The molecule has 1 aliphatic rings. The quantitative estimate of drug-likeness (QED) is 0.769. The van der Waals surface area contributed by atoms with Crippen LogP contribution < -0.4 is 11.1 Å². The fraction of sp³-hybridized carbons (Fsp3) is 0.500. The summed E-state index contributed by atoms with van der Waals surface area (Å²) < 4.78 is 6.74. The van der Waals surface area contributed by atoms with Crippen molar-refractivity contribution in [2.75, 3.05) is 24.3 Å². The van der Waals surface area contributed by atoms with Gasteiger partial charge in [-0.25, -0.2) is 4.98 Å². The molecule has 1 saturated heterocycles. The van der Waals surface area contributed by atoms with Gasteiger partial charge in [0, 0.05) is 19.3 Å². The van der Waals surface area contributed by atoms with Gasteiger partial charge in [0.25, 0.3) is 5.95 Å². The van der Waals surface area contributed by atoms with E-state index >= 15 is 0 Å². The van der Waals surface area contributed by atoms with Gasteiger partial charge in [-0.05, 0) is 12.8 Å². The molecule has 0 bridgehead atoms. The maximum absolute atomic E-state index is 5.68. The molecule has 1 fully saturated rings.